The first-order valence-corrected chi connectivity index (χ1v) is 6.61. The third-order valence-corrected chi connectivity index (χ3v) is 3.14. The van der Waals surface area contributed by atoms with Gasteiger partial charge in [-0.3, -0.25) is 0 Å². The van der Waals surface area contributed by atoms with Crippen LogP contribution in [-0.2, 0) is 9.57 Å². The Morgan fingerprint density at radius 2 is 1.77 bits per heavy atom. The number of aromatic nitrogens is 1. The molecule has 0 aliphatic carbocycles. The molecule has 1 aromatic heterocycles. The van der Waals surface area contributed by atoms with Crippen molar-refractivity contribution in [3.05, 3.63) is 58.4 Å². The maximum Gasteiger partial charge on any atom is 0.365 e. The molecule has 114 valence electrons. The molecule has 0 aliphatic heterocycles. The van der Waals surface area contributed by atoms with Crippen LogP contribution < -0.4 is 0 Å². The predicted molar refractivity (Wildman–Crippen MR) is 81.1 cm³/mol. The number of nitrogens with one attached hydrogen (secondary N) is 1. The summed E-state index contributed by atoms with van der Waals surface area (Å²) in [7, 11) is 1.31. The molecular weight excluding hydrogens is 284 g/mol. The Hall–Kier alpha value is -2.89. The lowest BCUT2D eigenvalue weighted by molar-refractivity contribution is 0.0519. The first kappa shape index (κ1) is 15.5. The van der Waals surface area contributed by atoms with Gasteiger partial charge in [0, 0.05) is 17.0 Å². The van der Waals surface area contributed by atoms with Crippen LogP contribution in [-0.4, -0.2) is 30.2 Å². The van der Waals surface area contributed by atoms with E-state index in [-0.39, 0.29) is 0 Å². The minimum absolute atomic E-state index is 0.375. The van der Waals surface area contributed by atoms with Gasteiger partial charge in [0.1, 0.15) is 0 Å². The number of esters is 1. The molecule has 0 saturated heterocycles. The summed E-state index contributed by atoms with van der Waals surface area (Å²) < 4.78 is 4.74. The second-order valence-corrected chi connectivity index (χ2v) is 4.63. The first-order valence-electron chi connectivity index (χ1n) is 6.61. The van der Waals surface area contributed by atoms with Gasteiger partial charge in [-0.2, -0.15) is 0 Å². The van der Waals surface area contributed by atoms with E-state index >= 15 is 0 Å². The summed E-state index contributed by atoms with van der Waals surface area (Å²) in [4.78, 5) is 31.4. The lowest BCUT2D eigenvalue weighted by Crippen LogP contribution is -2.06. The average molecular weight is 300 g/mol. The van der Waals surface area contributed by atoms with Crippen molar-refractivity contribution < 1.29 is 19.2 Å². The van der Waals surface area contributed by atoms with E-state index in [1.165, 1.54) is 13.3 Å². The van der Waals surface area contributed by atoms with Crippen LogP contribution in [0.3, 0.4) is 0 Å². The monoisotopic (exact) mass is 300 g/mol. The van der Waals surface area contributed by atoms with Crippen LogP contribution >= 0.6 is 0 Å². The second kappa shape index (κ2) is 6.71. The summed E-state index contributed by atoms with van der Waals surface area (Å²) in [6.45, 7) is 3.55. The fourth-order valence-corrected chi connectivity index (χ4v) is 2.08. The molecule has 0 bridgehead atoms. The van der Waals surface area contributed by atoms with Gasteiger partial charge >= 0.3 is 11.9 Å². The van der Waals surface area contributed by atoms with Crippen molar-refractivity contribution in [1.29, 1.82) is 0 Å². The summed E-state index contributed by atoms with van der Waals surface area (Å²) in [5.41, 5.74) is 2.71. The number of hydrogen-bond acceptors (Lipinski definition) is 5. The molecule has 0 amide bonds. The number of ether oxygens (including phenoxy) is 1. The number of carbonyl (C=O) groups is 2. The Bertz CT molecular complexity index is 717. The van der Waals surface area contributed by atoms with E-state index in [0.29, 0.717) is 22.4 Å². The maximum atomic E-state index is 11.8. The molecule has 0 radical (unpaired) electrons. The number of hydrogen-bond donors (Lipinski definition) is 1. The van der Waals surface area contributed by atoms with Crippen LogP contribution in [0.5, 0.6) is 0 Å². The third kappa shape index (κ3) is 3.22. The van der Waals surface area contributed by atoms with Crippen LogP contribution in [0.1, 0.15) is 37.7 Å². The van der Waals surface area contributed by atoms with Crippen molar-refractivity contribution in [3.8, 4) is 0 Å². The summed E-state index contributed by atoms with van der Waals surface area (Å²) in [5.74, 6) is -1.04. The highest BCUT2D eigenvalue weighted by Gasteiger charge is 2.18. The molecule has 0 saturated carbocycles. The zero-order valence-electron chi connectivity index (χ0n) is 12.5. The second-order valence-electron chi connectivity index (χ2n) is 4.63. The van der Waals surface area contributed by atoms with Crippen LogP contribution in [0.4, 0.5) is 0 Å². The van der Waals surface area contributed by atoms with Crippen molar-refractivity contribution in [2.75, 3.05) is 7.11 Å². The van der Waals surface area contributed by atoms with Crippen molar-refractivity contribution >= 4 is 18.2 Å². The molecule has 1 N–H and O–H groups in total. The van der Waals surface area contributed by atoms with E-state index in [0.717, 1.165) is 5.69 Å². The molecule has 0 spiro atoms. The van der Waals surface area contributed by atoms with Crippen LogP contribution in [0, 0.1) is 13.8 Å². The van der Waals surface area contributed by atoms with Gasteiger partial charge in [0.15, 0.2) is 0 Å². The van der Waals surface area contributed by atoms with Gasteiger partial charge in [-0.05, 0) is 26.0 Å². The van der Waals surface area contributed by atoms with Crippen molar-refractivity contribution in [3.63, 3.8) is 0 Å². The topological polar surface area (TPSA) is 80.8 Å². The van der Waals surface area contributed by atoms with E-state index in [2.05, 4.69) is 10.1 Å². The lowest BCUT2D eigenvalue weighted by atomic mass is 10.1. The number of rotatable bonds is 4. The molecule has 0 atom stereocenters. The smallest absolute Gasteiger partial charge is 0.365 e. The summed E-state index contributed by atoms with van der Waals surface area (Å²) in [6, 6.07) is 8.52. The molecule has 1 aromatic carbocycles. The summed E-state index contributed by atoms with van der Waals surface area (Å²) >= 11 is 0. The fourth-order valence-electron chi connectivity index (χ4n) is 2.08. The highest BCUT2D eigenvalue weighted by atomic mass is 16.7. The molecule has 1 heterocycles. The van der Waals surface area contributed by atoms with Gasteiger partial charge in [-0.15, -0.1) is 0 Å². The predicted octanol–water partition coefficient (Wildman–Crippen LogP) is 2.61. The Kier molecular flexibility index (Phi) is 4.73. The Balaban J connectivity index is 2.17. The first-order chi connectivity index (χ1) is 10.5. The van der Waals surface area contributed by atoms with Gasteiger partial charge in [0.05, 0.1) is 24.5 Å². The van der Waals surface area contributed by atoms with Gasteiger partial charge in [-0.25, -0.2) is 9.59 Å². The quantitative estimate of drug-likeness (QED) is 0.407. The molecule has 0 aliphatic rings. The van der Waals surface area contributed by atoms with Crippen LogP contribution in [0.25, 0.3) is 0 Å². The number of aromatic amines is 1. The SMILES string of the molecule is COC(=O)c1c(C)[nH]c(C)c1C=NOC(=O)c1ccccc1. The van der Waals surface area contributed by atoms with Crippen molar-refractivity contribution in [2.24, 2.45) is 5.16 Å². The largest absolute Gasteiger partial charge is 0.465 e. The van der Waals surface area contributed by atoms with E-state index in [1.54, 1.807) is 44.2 Å². The minimum atomic E-state index is -0.568. The number of benzene rings is 1. The number of methoxy groups -OCH3 is 1. The zero-order chi connectivity index (χ0) is 16.1. The van der Waals surface area contributed by atoms with Crippen LogP contribution in [0.2, 0.25) is 0 Å². The zero-order valence-corrected chi connectivity index (χ0v) is 12.5. The van der Waals surface area contributed by atoms with Gasteiger partial charge in [-0.1, -0.05) is 23.4 Å². The molecule has 0 fully saturated rings. The van der Waals surface area contributed by atoms with Crippen molar-refractivity contribution in [1.82, 2.24) is 4.98 Å². The molecule has 6 nitrogen and oxygen atoms in total. The fraction of sp³-hybridized carbons (Fsp3) is 0.188. The molecule has 2 aromatic rings. The molecule has 0 unspecified atom stereocenters. The lowest BCUT2D eigenvalue weighted by Gasteiger charge is -2.00. The highest BCUT2D eigenvalue weighted by molar-refractivity contribution is 6.01. The minimum Gasteiger partial charge on any atom is -0.465 e. The average Bonchev–Trinajstić information content (AvgIpc) is 2.81. The van der Waals surface area contributed by atoms with Gasteiger partial charge in [0.2, 0.25) is 0 Å². The van der Waals surface area contributed by atoms with E-state index in [4.69, 9.17) is 9.57 Å². The van der Waals surface area contributed by atoms with E-state index in [1.807, 2.05) is 0 Å². The maximum absolute atomic E-state index is 11.8. The molecular formula is C16H16N2O4. The van der Waals surface area contributed by atoms with Gasteiger partial charge in [0.25, 0.3) is 0 Å². The third-order valence-electron chi connectivity index (χ3n) is 3.14. The summed E-state index contributed by atoms with van der Waals surface area (Å²) in [5, 5.41) is 3.67. The van der Waals surface area contributed by atoms with E-state index < -0.39 is 11.9 Å². The van der Waals surface area contributed by atoms with Crippen LogP contribution in [0.15, 0.2) is 35.5 Å². The number of H-pyrrole nitrogens is 1. The van der Waals surface area contributed by atoms with Crippen molar-refractivity contribution in [2.45, 2.75) is 13.8 Å². The normalized spacial score (nSPS) is 10.7. The Labute approximate surface area is 127 Å². The highest BCUT2D eigenvalue weighted by Crippen LogP contribution is 2.17. The Morgan fingerprint density at radius 1 is 1.09 bits per heavy atom. The Morgan fingerprint density at radius 3 is 2.41 bits per heavy atom. The van der Waals surface area contributed by atoms with E-state index in [9.17, 15) is 9.59 Å². The number of nitrogens with zero attached hydrogens (tertiary/aromatic N) is 1. The van der Waals surface area contributed by atoms with Gasteiger partial charge < -0.3 is 14.6 Å². The molecule has 22 heavy (non-hydrogen) atoms. The molecule has 6 heteroatoms. The number of aryl methyl sites for hydroxylation is 2. The molecule has 2 rings (SSSR count). The number of carbonyl (C=O) groups excluding carboxylic acids is 2. The number of oxime groups is 1. The standard InChI is InChI=1S/C16H16N2O4/c1-10-13(14(11(2)18-10)16(20)21-3)9-17-22-15(19)12-7-5-4-6-8-12/h4-9,18H,1-3H3. The summed E-state index contributed by atoms with van der Waals surface area (Å²) in [6.07, 6.45) is 1.33.